The first kappa shape index (κ1) is 15.4. The molecule has 0 spiro atoms. The lowest BCUT2D eigenvalue weighted by Gasteiger charge is -2.15. The summed E-state index contributed by atoms with van der Waals surface area (Å²) >= 11 is 0. The molecule has 0 amide bonds. The van der Waals surface area contributed by atoms with Crippen molar-refractivity contribution in [2.75, 3.05) is 19.3 Å². The fourth-order valence-corrected chi connectivity index (χ4v) is 4.45. The smallest absolute Gasteiger partial charge is 0.213 e. The van der Waals surface area contributed by atoms with E-state index in [-0.39, 0.29) is 17.5 Å². The normalized spacial score (nSPS) is 21.2. The molecule has 1 aliphatic rings. The van der Waals surface area contributed by atoms with Gasteiger partial charge in [0.1, 0.15) is 0 Å². The molecule has 1 saturated heterocycles. The van der Waals surface area contributed by atoms with Gasteiger partial charge in [-0.3, -0.25) is 0 Å². The molecule has 8 heteroatoms. The van der Waals surface area contributed by atoms with Gasteiger partial charge in [0.25, 0.3) is 0 Å². The van der Waals surface area contributed by atoms with Crippen molar-refractivity contribution in [3.8, 4) is 0 Å². The lowest BCUT2D eigenvalue weighted by atomic mass is 10.2. The van der Waals surface area contributed by atoms with E-state index >= 15 is 0 Å². The second kappa shape index (κ2) is 5.44. The van der Waals surface area contributed by atoms with Crippen molar-refractivity contribution in [1.29, 1.82) is 0 Å². The van der Waals surface area contributed by atoms with Crippen LogP contribution in [0, 0.1) is 6.92 Å². The predicted octanol–water partition coefficient (Wildman–Crippen LogP) is 0.307. The van der Waals surface area contributed by atoms with Crippen LogP contribution in [-0.2, 0) is 20.0 Å². The van der Waals surface area contributed by atoms with E-state index < -0.39 is 20.0 Å². The van der Waals surface area contributed by atoms with Gasteiger partial charge in [-0.15, -0.1) is 0 Å². The fraction of sp³-hybridized carbons (Fsp3) is 0.500. The molecular formula is C12H18N2O4S2. The topological polar surface area (TPSA) is 83.6 Å². The van der Waals surface area contributed by atoms with Crippen LogP contribution in [-0.4, -0.2) is 46.5 Å². The Bertz CT molecular complexity index is 698. The van der Waals surface area contributed by atoms with Crippen molar-refractivity contribution in [2.45, 2.75) is 24.3 Å². The van der Waals surface area contributed by atoms with Crippen molar-refractivity contribution in [3.63, 3.8) is 0 Å². The van der Waals surface area contributed by atoms with Crippen molar-refractivity contribution in [3.05, 3.63) is 29.8 Å². The molecule has 0 aliphatic carbocycles. The molecule has 0 saturated carbocycles. The Morgan fingerprint density at radius 1 is 1.25 bits per heavy atom. The standard InChI is InChI=1S/C12H18N2O4S2/c1-10-4-3-5-12(8-10)20(17,18)13-11-6-7-14(9-11)19(2,15)16/h3-5,8,11,13H,6-7,9H2,1-2H3. The largest absolute Gasteiger partial charge is 0.240 e. The Balaban J connectivity index is 2.11. The highest BCUT2D eigenvalue weighted by Gasteiger charge is 2.31. The van der Waals surface area contributed by atoms with Crippen LogP contribution in [0.1, 0.15) is 12.0 Å². The number of hydrogen-bond donors (Lipinski definition) is 1. The van der Waals surface area contributed by atoms with E-state index in [1.54, 1.807) is 12.1 Å². The molecule has 1 heterocycles. The summed E-state index contributed by atoms with van der Waals surface area (Å²) in [6, 6.07) is 6.24. The van der Waals surface area contributed by atoms with Gasteiger partial charge >= 0.3 is 0 Å². The average molecular weight is 318 g/mol. The average Bonchev–Trinajstić information content (AvgIpc) is 2.76. The minimum Gasteiger partial charge on any atom is -0.213 e. The minimum atomic E-state index is -3.61. The minimum absolute atomic E-state index is 0.184. The Labute approximate surface area is 119 Å². The third kappa shape index (κ3) is 3.57. The third-order valence-corrected chi connectivity index (χ3v) is 6.03. The molecule has 1 N–H and O–H groups in total. The Morgan fingerprint density at radius 3 is 2.50 bits per heavy atom. The maximum Gasteiger partial charge on any atom is 0.240 e. The molecule has 1 unspecified atom stereocenters. The van der Waals surface area contributed by atoms with Crippen LogP contribution in [0.3, 0.4) is 0 Å². The molecule has 0 radical (unpaired) electrons. The number of aryl methyl sites for hydroxylation is 1. The van der Waals surface area contributed by atoms with Gasteiger partial charge in [0.15, 0.2) is 0 Å². The van der Waals surface area contributed by atoms with E-state index in [0.29, 0.717) is 13.0 Å². The molecule has 1 aromatic rings. The number of rotatable bonds is 4. The van der Waals surface area contributed by atoms with Crippen molar-refractivity contribution in [2.24, 2.45) is 0 Å². The van der Waals surface area contributed by atoms with Crippen LogP contribution >= 0.6 is 0 Å². The van der Waals surface area contributed by atoms with E-state index in [4.69, 9.17) is 0 Å². The summed E-state index contributed by atoms with van der Waals surface area (Å²) in [5.41, 5.74) is 0.858. The second-order valence-electron chi connectivity index (χ2n) is 5.04. The third-order valence-electron chi connectivity index (χ3n) is 3.24. The summed E-state index contributed by atoms with van der Waals surface area (Å²) in [6.45, 7) is 2.35. The SMILES string of the molecule is Cc1cccc(S(=O)(=O)NC2CCN(S(C)(=O)=O)C2)c1. The first-order valence-electron chi connectivity index (χ1n) is 6.22. The molecule has 1 aliphatic heterocycles. The van der Waals surface area contributed by atoms with Gasteiger partial charge < -0.3 is 0 Å². The van der Waals surface area contributed by atoms with E-state index in [9.17, 15) is 16.8 Å². The van der Waals surface area contributed by atoms with E-state index in [2.05, 4.69) is 4.72 Å². The van der Waals surface area contributed by atoms with Gasteiger partial charge in [0.05, 0.1) is 11.2 Å². The summed E-state index contributed by atoms with van der Waals surface area (Å²) in [4.78, 5) is 0.204. The van der Waals surface area contributed by atoms with Crippen LogP contribution in [0.25, 0.3) is 0 Å². The van der Waals surface area contributed by atoms with E-state index in [1.807, 2.05) is 13.0 Å². The summed E-state index contributed by atoms with van der Waals surface area (Å²) in [7, 11) is -6.87. The predicted molar refractivity (Wildman–Crippen MR) is 76.3 cm³/mol. The summed E-state index contributed by atoms with van der Waals surface area (Å²) in [5, 5.41) is 0. The molecule has 20 heavy (non-hydrogen) atoms. The van der Waals surface area contributed by atoms with Gasteiger partial charge in [0.2, 0.25) is 20.0 Å². The first-order valence-corrected chi connectivity index (χ1v) is 9.56. The molecule has 6 nitrogen and oxygen atoms in total. The lowest BCUT2D eigenvalue weighted by molar-refractivity contribution is 0.472. The Morgan fingerprint density at radius 2 is 1.95 bits per heavy atom. The number of benzene rings is 1. The van der Waals surface area contributed by atoms with Gasteiger partial charge in [-0.2, -0.15) is 0 Å². The highest BCUT2D eigenvalue weighted by atomic mass is 32.2. The zero-order chi connectivity index (χ0) is 15.0. The van der Waals surface area contributed by atoms with Crippen LogP contribution < -0.4 is 4.72 Å². The highest BCUT2D eigenvalue weighted by Crippen LogP contribution is 2.16. The van der Waals surface area contributed by atoms with Gasteiger partial charge in [-0.05, 0) is 31.0 Å². The highest BCUT2D eigenvalue weighted by molar-refractivity contribution is 7.89. The molecule has 1 aromatic carbocycles. The van der Waals surface area contributed by atoms with Crippen LogP contribution in [0.15, 0.2) is 29.2 Å². The second-order valence-corrected chi connectivity index (χ2v) is 8.74. The zero-order valence-electron chi connectivity index (χ0n) is 11.4. The quantitative estimate of drug-likeness (QED) is 0.866. The molecule has 2 rings (SSSR count). The maximum atomic E-state index is 12.2. The first-order chi connectivity index (χ1) is 9.18. The van der Waals surface area contributed by atoms with Crippen LogP contribution in [0.4, 0.5) is 0 Å². The van der Waals surface area contributed by atoms with Gasteiger partial charge in [-0.1, -0.05) is 12.1 Å². The van der Waals surface area contributed by atoms with E-state index in [0.717, 1.165) is 11.8 Å². The zero-order valence-corrected chi connectivity index (χ0v) is 13.0. The molecule has 0 bridgehead atoms. The van der Waals surface area contributed by atoms with Crippen LogP contribution in [0.2, 0.25) is 0 Å². The summed E-state index contributed by atoms with van der Waals surface area (Å²) < 4.78 is 51.1. The van der Waals surface area contributed by atoms with Crippen molar-refractivity contribution >= 4 is 20.0 Å². The van der Waals surface area contributed by atoms with Crippen molar-refractivity contribution < 1.29 is 16.8 Å². The monoisotopic (exact) mass is 318 g/mol. The molecule has 1 atom stereocenters. The molecule has 1 fully saturated rings. The number of sulfonamides is 2. The van der Waals surface area contributed by atoms with Gasteiger partial charge in [0, 0.05) is 19.1 Å². The lowest BCUT2D eigenvalue weighted by Crippen LogP contribution is -2.38. The summed E-state index contributed by atoms with van der Waals surface area (Å²) in [6.07, 6.45) is 1.61. The number of hydrogen-bond acceptors (Lipinski definition) is 4. The fourth-order valence-electron chi connectivity index (χ4n) is 2.20. The Kier molecular flexibility index (Phi) is 4.19. The van der Waals surface area contributed by atoms with Gasteiger partial charge in [-0.25, -0.2) is 25.9 Å². The summed E-state index contributed by atoms with van der Waals surface area (Å²) in [5.74, 6) is 0. The van der Waals surface area contributed by atoms with E-state index in [1.165, 1.54) is 10.4 Å². The Hall–Kier alpha value is -0.960. The molecule has 112 valence electrons. The maximum absolute atomic E-state index is 12.2. The molecular weight excluding hydrogens is 300 g/mol. The van der Waals surface area contributed by atoms with Crippen LogP contribution in [0.5, 0.6) is 0 Å². The van der Waals surface area contributed by atoms with Crippen molar-refractivity contribution in [1.82, 2.24) is 9.03 Å². The number of nitrogens with one attached hydrogen (secondary N) is 1. The molecule has 0 aromatic heterocycles. The number of nitrogens with zero attached hydrogens (tertiary/aromatic N) is 1.